The molecule has 1 aromatic carbocycles. The summed E-state index contributed by atoms with van der Waals surface area (Å²) in [5.74, 6) is 0.172. The van der Waals surface area contributed by atoms with Gasteiger partial charge >= 0.3 is 0 Å². The van der Waals surface area contributed by atoms with E-state index in [-0.39, 0.29) is 5.91 Å². The number of aromatic nitrogens is 2. The van der Waals surface area contributed by atoms with Gasteiger partial charge in [0.05, 0.1) is 12.2 Å². The first-order chi connectivity index (χ1) is 9.72. The number of aryl methyl sites for hydroxylation is 1. The molecule has 0 unspecified atom stereocenters. The van der Waals surface area contributed by atoms with E-state index in [9.17, 15) is 4.79 Å². The zero-order chi connectivity index (χ0) is 13.9. The zero-order valence-electron chi connectivity index (χ0n) is 10.9. The van der Waals surface area contributed by atoms with Gasteiger partial charge in [0.2, 0.25) is 5.91 Å². The Balaban J connectivity index is 1.57. The first kappa shape index (κ1) is 13.2. The van der Waals surface area contributed by atoms with Crippen LogP contribution in [0, 0.1) is 0 Å². The maximum absolute atomic E-state index is 12.2. The van der Waals surface area contributed by atoms with Crippen molar-refractivity contribution in [1.82, 2.24) is 14.9 Å². The van der Waals surface area contributed by atoms with E-state index in [1.54, 1.807) is 6.20 Å². The third-order valence-electron chi connectivity index (χ3n) is 3.48. The third-order valence-corrected chi connectivity index (χ3v) is 4.01. The smallest absolute Gasteiger partial charge is 0.223 e. The summed E-state index contributed by atoms with van der Waals surface area (Å²) in [6.07, 6.45) is 4.63. The van der Waals surface area contributed by atoms with Crippen molar-refractivity contribution >= 4 is 21.8 Å². The van der Waals surface area contributed by atoms with Gasteiger partial charge in [0.1, 0.15) is 6.33 Å². The molecule has 0 aliphatic carbocycles. The Bertz CT molecular complexity index is 602. The number of hydrogen-bond acceptors (Lipinski definition) is 3. The van der Waals surface area contributed by atoms with Crippen LogP contribution < -0.4 is 0 Å². The van der Waals surface area contributed by atoms with E-state index in [4.69, 9.17) is 0 Å². The highest BCUT2D eigenvalue weighted by atomic mass is 79.9. The summed E-state index contributed by atoms with van der Waals surface area (Å²) < 4.78 is 1.06. The molecule has 20 heavy (non-hydrogen) atoms. The summed E-state index contributed by atoms with van der Waals surface area (Å²) in [4.78, 5) is 22.3. The SMILES string of the molecule is O=C(CCc1ccc(Br)cc1)N1Cc2cncnc2C1. The molecule has 5 heteroatoms. The van der Waals surface area contributed by atoms with Crippen molar-refractivity contribution in [1.29, 1.82) is 0 Å². The van der Waals surface area contributed by atoms with Gasteiger partial charge in [-0.25, -0.2) is 9.97 Å². The highest BCUT2D eigenvalue weighted by Crippen LogP contribution is 2.20. The van der Waals surface area contributed by atoms with E-state index >= 15 is 0 Å². The van der Waals surface area contributed by atoms with Gasteiger partial charge in [-0.1, -0.05) is 28.1 Å². The molecule has 1 amide bonds. The van der Waals surface area contributed by atoms with Crippen LogP contribution in [0.1, 0.15) is 23.2 Å². The normalized spacial score (nSPS) is 13.3. The number of benzene rings is 1. The fourth-order valence-electron chi connectivity index (χ4n) is 2.34. The molecule has 0 atom stereocenters. The first-order valence-electron chi connectivity index (χ1n) is 6.52. The van der Waals surface area contributed by atoms with Gasteiger partial charge in [-0.05, 0) is 24.1 Å². The van der Waals surface area contributed by atoms with Crippen LogP contribution in [0.3, 0.4) is 0 Å². The summed E-state index contributed by atoms with van der Waals surface area (Å²) in [5, 5.41) is 0. The average molecular weight is 332 g/mol. The highest BCUT2D eigenvalue weighted by Gasteiger charge is 2.23. The fourth-order valence-corrected chi connectivity index (χ4v) is 2.60. The molecule has 1 aliphatic rings. The number of carbonyl (C=O) groups is 1. The molecule has 3 rings (SSSR count). The third kappa shape index (κ3) is 2.88. The highest BCUT2D eigenvalue weighted by molar-refractivity contribution is 9.10. The van der Waals surface area contributed by atoms with Gasteiger partial charge in [-0.15, -0.1) is 0 Å². The maximum Gasteiger partial charge on any atom is 0.223 e. The molecule has 0 fully saturated rings. The average Bonchev–Trinajstić information content (AvgIpc) is 2.90. The van der Waals surface area contributed by atoms with Crippen LogP contribution in [0.15, 0.2) is 41.3 Å². The van der Waals surface area contributed by atoms with Gasteiger partial charge in [-0.2, -0.15) is 0 Å². The maximum atomic E-state index is 12.2. The molecule has 1 aliphatic heterocycles. The van der Waals surface area contributed by atoms with Gasteiger partial charge in [-0.3, -0.25) is 4.79 Å². The van der Waals surface area contributed by atoms with Crippen molar-refractivity contribution in [3.63, 3.8) is 0 Å². The van der Waals surface area contributed by atoms with Crippen molar-refractivity contribution in [2.45, 2.75) is 25.9 Å². The number of fused-ring (bicyclic) bond motifs is 1. The lowest BCUT2D eigenvalue weighted by atomic mass is 10.1. The topological polar surface area (TPSA) is 46.1 Å². The Kier molecular flexibility index (Phi) is 3.78. The van der Waals surface area contributed by atoms with Crippen LogP contribution >= 0.6 is 15.9 Å². The Hall–Kier alpha value is -1.75. The van der Waals surface area contributed by atoms with Crippen molar-refractivity contribution in [3.05, 3.63) is 58.1 Å². The van der Waals surface area contributed by atoms with Gasteiger partial charge in [0.25, 0.3) is 0 Å². The van der Waals surface area contributed by atoms with Gasteiger partial charge < -0.3 is 4.90 Å². The van der Waals surface area contributed by atoms with E-state index in [1.165, 1.54) is 11.9 Å². The zero-order valence-corrected chi connectivity index (χ0v) is 12.5. The molecule has 2 heterocycles. The minimum atomic E-state index is 0.172. The molecule has 0 bridgehead atoms. The summed E-state index contributed by atoms with van der Waals surface area (Å²) >= 11 is 3.41. The van der Waals surface area contributed by atoms with Crippen LogP contribution in [0.2, 0.25) is 0 Å². The molecule has 0 spiro atoms. The Morgan fingerprint density at radius 2 is 2.05 bits per heavy atom. The molecular formula is C15H14BrN3O. The Labute approximate surface area is 126 Å². The summed E-state index contributed by atoms with van der Waals surface area (Å²) in [6, 6.07) is 8.09. The number of rotatable bonds is 3. The minimum absolute atomic E-state index is 0.172. The molecule has 102 valence electrons. The molecule has 0 radical (unpaired) electrons. The van der Waals surface area contributed by atoms with Gasteiger partial charge in [0, 0.05) is 29.2 Å². The van der Waals surface area contributed by atoms with Crippen LogP contribution in [-0.4, -0.2) is 20.8 Å². The predicted molar refractivity (Wildman–Crippen MR) is 78.7 cm³/mol. The van der Waals surface area contributed by atoms with Crippen LogP contribution in [0.25, 0.3) is 0 Å². The van der Waals surface area contributed by atoms with Crippen LogP contribution in [-0.2, 0) is 24.3 Å². The van der Waals surface area contributed by atoms with Crippen molar-refractivity contribution in [2.75, 3.05) is 0 Å². The first-order valence-corrected chi connectivity index (χ1v) is 7.31. The summed E-state index contributed by atoms with van der Waals surface area (Å²) in [5.41, 5.74) is 3.21. The Morgan fingerprint density at radius 3 is 2.80 bits per heavy atom. The quantitative estimate of drug-likeness (QED) is 0.868. The lowest BCUT2D eigenvalue weighted by Gasteiger charge is -2.14. The lowest BCUT2D eigenvalue weighted by Crippen LogP contribution is -2.25. The lowest BCUT2D eigenvalue weighted by molar-refractivity contribution is -0.131. The molecular weight excluding hydrogens is 318 g/mol. The van der Waals surface area contributed by atoms with E-state index in [1.807, 2.05) is 29.2 Å². The molecule has 1 aromatic heterocycles. The summed E-state index contributed by atoms with van der Waals surface area (Å²) in [6.45, 7) is 1.24. The molecule has 0 saturated heterocycles. The minimum Gasteiger partial charge on any atom is -0.332 e. The second kappa shape index (κ2) is 5.71. The second-order valence-corrected chi connectivity index (χ2v) is 5.79. The number of nitrogens with zero attached hydrogens (tertiary/aromatic N) is 3. The number of carbonyl (C=O) groups excluding carboxylic acids is 1. The van der Waals surface area contributed by atoms with Crippen LogP contribution in [0.5, 0.6) is 0 Å². The molecule has 2 aromatic rings. The standard InChI is InChI=1S/C15H14BrN3O/c16-13-4-1-11(2-5-13)3-6-15(20)19-8-12-7-17-10-18-14(12)9-19/h1-2,4-5,7,10H,3,6,8-9H2. The van der Waals surface area contributed by atoms with Gasteiger partial charge in [0.15, 0.2) is 0 Å². The number of halogens is 1. The monoisotopic (exact) mass is 331 g/mol. The van der Waals surface area contributed by atoms with E-state index in [0.29, 0.717) is 19.5 Å². The predicted octanol–water partition coefficient (Wildman–Crippen LogP) is 2.71. The summed E-state index contributed by atoms with van der Waals surface area (Å²) in [7, 11) is 0. The number of amides is 1. The Morgan fingerprint density at radius 1 is 1.25 bits per heavy atom. The molecule has 4 nitrogen and oxygen atoms in total. The fraction of sp³-hybridized carbons (Fsp3) is 0.267. The second-order valence-electron chi connectivity index (χ2n) is 4.87. The van der Waals surface area contributed by atoms with E-state index in [0.717, 1.165) is 22.2 Å². The van der Waals surface area contributed by atoms with E-state index in [2.05, 4.69) is 25.9 Å². The molecule has 0 N–H and O–H groups in total. The van der Waals surface area contributed by atoms with Crippen LogP contribution in [0.4, 0.5) is 0 Å². The van der Waals surface area contributed by atoms with Crippen molar-refractivity contribution in [3.8, 4) is 0 Å². The largest absolute Gasteiger partial charge is 0.332 e. The van der Waals surface area contributed by atoms with Crippen molar-refractivity contribution < 1.29 is 4.79 Å². The van der Waals surface area contributed by atoms with E-state index < -0.39 is 0 Å². The van der Waals surface area contributed by atoms with Crippen molar-refractivity contribution in [2.24, 2.45) is 0 Å². The molecule has 0 saturated carbocycles. The number of hydrogen-bond donors (Lipinski definition) is 0.